The summed E-state index contributed by atoms with van der Waals surface area (Å²) in [7, 11) is 1.62. The number of aliphatic hydroxyl groups excluding tert-OH is 1. The highest BCUT2D eigenvalue weighted by Crippen LogP contribution is 2.45. The molecule has 3 atom stereocenters. The summed E-state index contributed by atoms with van der Waals surface area (Å²) in [6, 6.07) is 0.166. The number of hydrogen-bond acceptors (Lipinski definition) is 4. The molecule has 5 heteroatoms. The Bertz CT molecular complexity index is 320. The van der Waals surface area contributed by atoms with Gasteiger partial charge in [0.25, 0.3) is 0 Å². The lowest BCUT2D eigenvalue weighted by molar-refractivity contribution is -0.144. The lowest BCUT2D eigenvalue weighted by atomic mass is 9.60. The second kappa shape index (κ2) is 7.38. The van der Waals surface area contributed by atoms with E-state index in [0.717, 1.165) is 12.8 Å². The van der Waals surface area contributed by atoms with Crippen molar-refractivity contribution in [2.45, 2.75) is 39.7 Å². The quantitative estimate of drug-likeness (QED) is 0.759. The first kappa shape index (κ1) is 17.4. The molecule has 0 saturated heterocycles. The number of hydrogen-bond donors (Lipinski definition) is 2. The summed E-state index contributed by atoms with van der Waals surface area (Å²) in [6.07, 6.45) is 1.71. The Kier molecular flexibility index (Phi) is 6.43. The molecule has 0 aliphatic heterocycles. The third kappa shape index (κ3) is 3.71. The lowest BCUT2D eigenvalue weighted by Crippen LogP contribution is -2.53. The predicted octanol–water partition coefficient (Wildman–Crippen LogP) is 0.853. The number of rotatable bonds is 6. The van der Waals surface area contributed by atoms with Gasteiger partial charge >= 0.3 is 0 Å². The second-order valence-electron chi connectivity index (χ2n) is 6.45. The van der Waals surface area contributed by atoms with Crippen LogP contribution >= 0.6 is 0 Å². The maximum Gasteiger partial charge on any atom is 0.226 e. The summed E-state index contributed by atoms with van der Waals surface area (Å²) in [6.45, 7) is 7.78. The predicted molar refractivity (Wildman–Crippen MR) is 79.2 cm³/mol. The van der Waals surface area contributed by atoms with Gasteiger partial charge in [-0.2, -0.15) is 0 Å². The Morgan fingerprint density at radius 2 is 2.05 bits per heavy atom. The molecule has 0 aromatic rings. The van der Waals surface area contributed by atoms with Crippen LogP contribution in [0.15, 0.2) is 0 Å². The molecule has 1 saturated carbocycles. The fraction of sp³-hybridized carbons (Fsp3) is 0.933. The van der Waals surface area contributed by atoms with Gasteiger partial charge in [0.1, 0.15) is 0 Å². The largest absolute Gasteiger partial charge is 0.395 e. The van der Waals surface area contributed by atoms with Crippen molar-refractivity contribution < 1.29 is 14.6 Å². The minimum absolute atomic E-state index is 0.0162. The summed E-state index contributed by atoms with van der Waals surface area (Å²) in [4.78, 5) is 14.5. The summed E-state index contributed by atoms with van der Waals surface area (Å²) in [5, 5.41) is 9.15. The van der Waals surface area contributed by atoms with E-state index in [9.17, 15) is 4.79 Å². The first-order chi connectivity index (χ1) is 9.36. The summed E-state index contributed by atoms with van der Waals surface area (Å²) < 4.78 is 5.05. The van der Waals surface area contributed by atoms with Gasteiger partial charge in [-0.15, -0.1) is 0 Å². The molecule has 20 heavy (non-hydrogen) atoms. The van der Waals surface area contributed by atoms with E-state index in [1.807, 2.05) is 0 Å². The maximum absolute atomic E-state index is 12.8. The number of carbonyl (C=O) groups excluding carboxylic acids is 1. The number of carbonyl (C=O) groups is 1. The lowest BCUT2D eigenvalue weighted by Gasteiger charge is -2.47. The van der Waals surface area contributed by atoms with Gasteiger partial charge in [-0.05, 0) is 24.2 Å². The number of ether oxygens (including phenoxy) is 1. The molecule has 0 aromatic carbocycles. The number of nitrogens with zero attached hydrogens (tertiary/aromatic N) is 1. The van der Waals surface area contributed by atoms with Gasteiger partial charge in [-0.3, -0.25) is 4.79 Å². The molecular weight excluding hydrogens is 256 g/mol. The molecule has 3 N–H and O–H groups in total. The van der Waals surface area contributed by atoms with Crippen LogP contribution < -0.4 is 5.73 Å². The molecule has 1 aliphatic carbocycles. The molecule has 118 valence electrons. The van der Waals surface area contributed by atoms with Crippen molar-refractivity contribution in [3.8, 4) is 0 Å². The van der Waals surface area contributed by atoms with E-state index in [2.05, 4.69) is 20.8 Å². The van der Waals surface area contributed by atoms with Crippen molar-refractivity contribution >= 4 is 5.91 Å². The van der Waals surface area contributed by atoms with Gasteiger partial charge in [0.2, 0.25) is 5.91 Å². The molecule has 0 spiro atoms. The third-order valence-corrected chi connectivity index (χ3v) is 5.05. The molecule has 0 radical (unpaired) electrons. The third-order valence-electron chi connectivity index (χ3n) is 5.05. The van der Waals surface area contributed by atoms with E-state index in [1.54, 1.807) is 12.0 Å². The van der Waals surface area contributed by atoms with Gasteiger partial charge in [-0.1, -0.05) is 20.8 Å². The van der Waals surface area contributed by atoms with E-state index in [-0.39, 0.29) is 29.9 Å². The zero-order chi connectivity index (χ0) is 15.3. The Labute approximate surface area is 122 Å². The number of methoxy groups -OCH3 is 1. The molecule has 1 fully saturated rings. The smallest absolute Gasteiger partial charge is 0.226 e. The van der Waals surface area contributed by atoms with Crippen molar-refractivity contribution in [2.24, 2.45) is 23.0 Å². The minimum atomic E-state index is -0.116. The SMILES string of the molecule is COCCN(CCO)C(=O)C1CCC(N)C(C)C1(C)C. The molecule has 1 rings (SSSR count). The van der Waals surface area contributed by atoms with Crippen molar-refractivity contribution in [3.63, 3.8) is 0 Å². The average molecular weight is 286 g/mol. The molecule has 1 aliphatic rings. The minimum Gasteiger partial charge on any atom is -0.395 e. The molecule has 3 unspecified atom stereocenters. The van der Waals surface area contributed by atoms with Crippen LogP contribution in [0.4, 0.5) is 0 Å². The topological polar surface area (TPSA) is 75.8 Å². The summed E-state index contributed by atoms with van der Waals surface area (Å²) in [5.41, 5.74) is 6.03. The first-order valence-electron chi connectivity index (χ1n) is 7.50. The Morgan fingerprint density at radius 1 is 1.40 bits per heavy atom. The molecule has 0 aromatic heterocycles. The first-order valence-corrected chi connectivity index (χ1v) is 7.50. The van der Waals surface area contributed by atoms with Crippen LogP contribution in [0.1, 0.15) is 33.6 Å². The zero-order valence-corrected chi connectivity index (χ0v) is 13.3. The molecule has 0 heterocycles. The van der Waals surface area contributed by atoms with Crippen LogP contribution in [0.25, 0.3) is 0 Å². The van der Waals surface area contributed by atoms with Crippen molar-refractivity contribution in [1.82, 2.24) is 4.90 Å². The van der Waals surface area contributed by atoms with Gasteiger partial charge in [0, 0.05) is 32.2 Å². The van der Waals surface area contributed by atoms with Crippen molar-refractivity contribution in [1.29, 1.82) is 0 Å². The average Bonchev–Trinajstić information content (AvgIpc) is 2.40. The summed E-state index contributed by atoms with van der Waals surface area (Å²) in [5.74, 6) is 0.407. The Hall–Kier alpha value is -0.650. The van der Waals surface area contributed by atoms with Gasteiger partial charge in [0.05, 0.1) is 13.2 Å². The summed E-state index contributed by atoms with van der Waals surface area (Å²) >= 11 is 0. The van der Waals surface area contributed by atoms with Crippen molar-refractivity contribution in [3.05, 3.63) is 0 Å². The van der Waals surface area contributed by atoms with Crippen molar-refractivity contribution in [2.75, 3.05) is 33.4 Å². The van der Waals surface area contributed by atoms with Gasteiger partial charge in [0.15, 0.2) is 0 Å². The Morgan fingerprint density at radius 3 is 2.60 bits per heavy atom. The number of nitrogens with two attached hydrogens (primary N) is 1. The molecular formula is C15H30N2O3. The number of aliphatic hydroxyl groups is 1. The number of amides is 1. The van der Waals surface area contributed by atoms with Crippen LogP contribution in [-0.4, -0.2) is 55.4 Å². The highest BCUT2D eigenvalue weighted by molar-refractivity contribution is 5.80. The van der Waals surface area contributed by atoms with Crippen LogP contribution in [0.2, 0.25) is 0 Å². The van der Waals surface area contributed by atoms with Crippen LogP contribution in [-0.2, 0) is 9.53 Å². The Balaban J connectivity index is 2.81. The fourth-order valence-corrected chi connectivity index (χ4v) is 3.17. The molecule has 1 amide bonds. The van der Waals surface area contributed by atoms with E-state index in [4.69, 9.17) is 15.6 Å². The standard InChI is InChI=1S/C15H30N2O3/c1-11-13(16)6-5-12(15(11,2)3)14(19)17(7-9-18)8-10-20-4/h11-13,18H,5-10,16H2,1-4H3. The van der Waals surface area contributed by atoms with E-state index in [0.29, 0.717) is 25.6 Å². The normalized spacial score (nSPS) is 29.2. The van der Waals surface area contributed by atoms with E-state index >= 15 is 0 Å². The second-order valence-corrected chi connectivity index (χ2v) is 6.45. The maximum atomic E-state index is 12.8. The van der Waals surface area contributed by atoms with Gasteiger partial charge < -0.3 is 20.5 Å². The fourth-order valence-electron chi connectivity index (χ4n) is 3.17. The monoisotopic (exact) mass is 286 g/mol. The van der Waals surface area contributed by atoms with Gasteiger partial charge in [-0.25, -0.2) is 0 Å². The highest BCUT2D eigenvalue weighted by Gasteiger charge is 2.46. The van der Waals surface area contributed by atoms with Crippen LogP contribution in [0, 0.1) is 17.3 Å². The van der Waals surface area contributed by atoms with E-state index in [1.165, 1.54) is 0 Å². The van der Waals surface area contributed by atoms with Crippen LogP contribution in [0.5, 0.6) is 0 Å². The van der Waals surface area contributed by atoms with Crippen LogP contribution in [0.3, 0.4) is 0 Å². The molecule has 5 nitrogen and oxygen atoms in total. The zero-order valence-electron chi connectivity index (χ0n) is 13.3. The van der Waals surface area contributed by atoms with E-state index < -0.39 is 0 Å². The molecule has 0 bridgehead atoms. The highest BCUT2D eigenvalue weighted by atomic mass is 16.5.